The van der Waals surface area contributed by atoms with Crippen LogP contribution in [0.5, 0.6) is 0 Å². The Morgan fingerprint density at radius 2 is 1.88 bits per heavy atom. The summed E-state index contributed by atoms with van der Waals surface area (Å²) in [5, 5.41) is 2.78. The molecule has 128 valence electrons. The topological polar surface area (TPSA) is 75.3 Å². The van der Waals surface area contributed by atoms with Crippen LogP contribution in [0, 0.1) is 5.82 Å². The highest BCUT2D eigenvalue weighted by molar-refractivity contribution is 7.92. The summed E-state index contributed by atoms with van der Waals surface area (Å²) >= 11 is 0. The van der Waals surface area contributed by atoms with Crippen molar-refractivity contribution >= 4 is 21.6 Å². The quantitative estimate of drug-likeness (QED) is 0.840. The SMILES string of the molecule is CCC(C)NC(=O)c1cccc(S(=O)(=O)Nc2cccc(F)c2)c1. The van der Waals surface area contributed by atoms with Crippen molar-refractivity contribution in [3.05, 3.63) is 59.9 Å². The minimum Gasteiger partial charge on any atom is -0.350 e. The number of hydrogen-bond acceptors (Lipinski definition) is 3. The third kappa shape index (κ3) is 4.55. The first-order valence-electron chi connectivity index (χ1n) is 7.51. The molecule has 0 fully saturated rings. The van der Waals surface area contributed by atoms with Crippen LogP contribution in [0.4, 0.5) is 10.1 Å². The first-order chi connectivity index (χ1) is 11.3. The second-order valence-electron chi connectivity index (χ2n) is 5.43. The minimum atomic E-state index is -3.92. The molecule has 24 heavy (non-hydrogen) atoms. The maximum Gasteiger partial charge on any atom is 0.261 e. The molecule has 0 spiro atoms. The van der Waals surface area contributed by atoms with E-state index in [9.17, 15) is 17.6 Å². The number of benzene rings is 2. The molecule has 0 saturated heterocycles. The molecule has 2 aromatic rings. The second kappa shape index (κ2) is 7.44. The lowest BCUT2D eigenvalue weighted by atomic mass is 10.2. The van der Waals surface area contributed by atoms with Gasteiger partial charge in [-0.05, 0) is 49.7 Å². The van der Waals surface area contributed by atoms with Crippen molar-refractivity contribution in [2.75, 3.05) is 4.72 Å². The van der Waals surface area contributed by atoms with Gasteiger partial charge in [-0.3, -0.25) is 9.52 Å². The molecule has 0 aliphatic rings. The molecule has 7 heteroatoms. The lowest BCUT2D eigenvalue weighted by Gasteiger charge is -2.12. The number of nitrogens with one attached hydrogen (secondary N) is 2. The van der Waals surface area contributed by atoms with Gasteiger partial charge in [0, 0.05) is 11.6 Å². The van der Waals surface area contributed by atoms with Crippen LogP contribution in [-0.4, -0.2) is 20.4 Å². The fourth-order valence-electron chi connectivity index (χ4n) is 1.98. The maximum absolute atomic E-state index is 13.2. The standard InChI is InChI=1S/C17H19FN2O3S/c1-3-12(2)19-17(21)13-6-4-9-16(10-13)24(22,23)20-15-8-5-7-14(18)11-15/h4-12,20H,3H2,1-2H3,(H,19,21). The van der Waals surface area contributed by atoms with E-state index >= 15 is 0 Å². The van der Waals surface area contributed by atoms with Crippen LogP contribution in [0.2, 0.25) is 0 Å². The number of sulfonamides is 1. The Morgan fingerprint density at radius 1 is 1.17 bits per heavy atom. The molecule has 0 aromatic heterocycles. The fraction of sp³-hybridized carbons (Fsp3) is 0.235. The summed E-state index contributed by atoms with van der Waals surface area (Å²) in [4.78, 5) is 12.1. The summed E-state index contributed by atoms with van der Waals surface area (Å²) in [6.45, 7) is 3.80. The molecule has 2 N–H and O–H groups in total. The Kier molecular flexibility index (Phi) is 5.56. The van der Waals surface area contributed by atoms with Crippen LogP contribution in [0.3, 0.4) is 0 Å². The van der Waals surface area contributed by atoms with E-state index in [1.54, 1.807) is 6.07 Å². The smallest absolute Gasteiger partial charge is 0.261 e. The van der Waals surface area contributed by atoms with Gasteiger partial charge < -0.3 is 5.32 Å². The number of rotatable bonds is 6. The number of carbonyl (C=O) groups is 1. The van der Waals surface area contributed by atoms with E-state index in [-0.39, 0.29) is 28.1 Å². The predicted molar refractivity (Wildman–Crippen MR) is 90.9 cm³/mol. The zero-order valence-corrected chi connectivity index (χ0v) is 14.2. The van der Waals surface area contributed by atoms with E-state index in [0.29, 0.717) is 0 Å². The van der Waals surface area contributed by atoms with Gasteiger partial charge in [-0.25, -0.2) is 12.8 Å². The van der Waals surface area contributed by atoms with Gasteiger partial charge in [0.1, 0.15) is 5.82 Å². The van der Waals surface area contributed by atoms with Gasteiger partial charge in [0.2, 0.25) is 0 Å². The van der Waals surface area contributed by atoms with E-state index in [2.05, 4.69) is 10.0 Å². The van der Waals surface area contributed by atoms with Crippen LogP contribution < -0.4 is 10.0 Å². The number of anilines is 1. The molecule has 0 aliphatic carbocycles. The first-order valence-corrected chi connectivity index (χ1v) is 8.99. The highest BCUT2D eigenvalue weighted by Crippen LogP contribution is 2.18. The Balaban J connectivity index is 2.25. The van der Waals surface area contributed by atoms with Crippen LogP contribution in [0.25, 0.3) is 0 Å². The maximum atomic E-state index is 13.2. The average molecular weight is 350 g/mol. The Hall–Kier alpha value is -2.41. The molecular formula is C17H19FN2O3S. The van der Waals surface area contributed by atoms with Crippen molar-refractivity contribution in [2.45, 2.75) is 31.2 Å². The predicted octanol–water partition coefficient (Wildman–Crippen LogP) is 3.15. The van der Waals surface area contributed by atoms with Crippen LogP contribution >= 0.6 is 0 Å². The first kappa shape index (κ1) is 17.9. The summed E-state index contributed by atoms with van der Waals surface area (Å²) < 4.78 is 40.3. The van der Waals surface area contributed by atoms with Gasteiger partial charge in [-0.2, -0.15) is 0 Å². The third-order valence-electron chi connectivity index (χ3n) is 3.47. The highest BCUT2D eigenvalue weighted by Gasteiger charge is 2.17. The minimum absolute atomic E-state index is 0.0109. The zero-order chi connectivity index (χ0) is 17.7. The molecule has 0 heterocycles. The molecule has 0 radical (unpaired) electrons. The van der Waals surface area contributed by atoms with E-state index in [0.717, 1.165) is 12.5 Å². The Morgan fingerprint density at radius 3 is 2.54 bits per heavy atom. The summed E-state index contributed by atoms with van der Waals surface area (Å²) in [5.74, 6) is -0.885. The molecule has 0 aliphatic heterocycles. The average Bonchev–Trinajstić information content (AvgIpc) is 2.54. The molecule has 2 aromatic carbocycles. The van der Waals surface area contributed by atoms with E-state index in [1.807, 2.05) is 13.8 Å². The van der Waals surface area contributed by atoms with E-state index < -0.39 is 15.8 Å². The van der Waals surface area contributed by atoms with Crippen molar-refractivity contribution in [2.24, 2.45) is 0 Å². The zero-order valence-electron chi connectivity index (χ0n) is 13.4. The van der Waals surface area contributed by atoms with Crippen LogP contribution in [-0.2, 0) is 10.0 Å². The van der Waals surface area contributed by atoms with Crippen molar-refractivity contribution in [3.63, 3.8) is 0 Å². The summed E-state index contributed by atoms with van der Waals surface area (Å²) in [6.07, 6.45) is 0.769. The molecular weight excluding hydrogens is 331 g/mol. The van der Waals surface area contributed by atoms with E-state index in [1.165, 1.54) is 36.4 Å². The molecule has 1 atom stereocenters. The highest BCUT2D eigenvalue weighted by atomic mass is 32.2. The number of halogens is 1. The number of hydrogen-bond donors (Lipinski definition) is 2. The lowest BCUT2D eigenvalue weighted by molar-refractivity contribution is 0.0939. The van der Waals surface area contributed by atoms with Gasteiger partial charge >= 0.3 is 0 Å². The molecule has 1 unspecified atom stereocenters. The van der Waals surface area contributed by atoms with Gasteiger partial charge in [0.15, 0.2) is 0 Å². The second-order valence-corrected chi connectivity index (χ2v) is 7.11. The van der Waals surface area contributed by atoms with Gasteiger partial charge in [-0.1, -0.05) is 19.1 Å². The molecule has 0 saturated carbocycles. The molecule has 0 bridgehead atoms. The fourth-order valence-corrected chi connectivity index (χ4v) is 3.07. The van der Waals surface area contributed by atoms with Crippen molar-refractivity contribution in [3.8, 4) is 0 Å². The normalized spacial score (nSPS) is 12.5. The van der Waals surface area contributed by atoms with Gasteiger partial charge in [0.05, 0.1) is 10.6 Å². The summed E-state index contributed by atoms with van der Waals surface area (Å²) in [5.41, 5.74) is 0.363. The lowest BCUT2D eigenvalue weighted by Crippen LogP contribution is -2.32. The van der Waals surface area contributed by atoms with E-state index in [4.69, 9.17) is 0 Å². The molecule has 2 rings (SSSR count). The summed E-state index contributed by atoms with van der Waals surface area (Å²) in [6, 6.07) is 10.8. The Bertz CT molecular complexity index is 837. The van der Waals surface area contributed by atoms with Crippen molar-refractivity contribution < 1.29 is 17.6 Å². The number of amides is 1. The largest absolute Gasteiger partial charge is 0.350 e. The van der Waals surface area contributed by atoms with Gasteiger partial charge in [0.25, 0.3) is 15.9 Å². The summed E-state index contributed by atoms with van der Waals surface area (Å²) in [7, 11) is -3.92. The van der Waals surface area contributed by atoms with Crippen molar-refractivity contribution in [1.29, 1.82) is 0 Å². The number of carbonyl (C=O) groups excluding carboxylic acids is 1. The van der Waals surface area contributed by atoms with Crippen LogP contribution in [0.15, 0.2) is 53.4 Å². The third-order valence-corrected chi connectivity index (χ3v) is 4.85. The van der Waals surface area contributed by atoms with Gasteiger partial charge in [-0.15, -0.1) is 0 Å². The van der Waals surface area contributed by atoms with Crippen molar-refractivity contribution in [1.82, 2.24) is 5.32 Å². The monoisotopic (exact) mass is 350 g/mol. The Labute approximate surface area is 141 Å². The molecule has 1 amide bonds. The molecule has 5 nitrogen and oxygen atoms in total. The van der Waals surface area contributed by atoms with Crippen LogP contribution in [0.1, 0.15) is 30.6 Å².